The lowest BCUT2D eigenvalue weighted by atomic mass is 10.1. The Kier molecular flexibility index (Phi) is 17.5. The van der Waals surface area contributed by atoms with E-state index in [1.165, 1.54) is 19.2 Å². The van der Waals surface area contributed by atoms with Crippen LogP contribution in [-0.4, -0.2) is 102 Å². The van der Waals surface area contributed by atoms with E-state index in [0.29, 0.717) is 16.7 Å². The zero-order valence-corrected chi connectivity index (χ0v) is 33.1. The van der Waals surface area contributed by atoms with Crippen LogP contribution in [0.25, 0.3) is 0 Å². The molecule has 19 nitrogen and oxygen atoms in total. The van der Waals surface area contributed by atoms with Crippen molar-refractivity contribution in [1.82, 2.24) is 36.8 Å². The Hall–Kier alpha value is -7.31. The molecule has 0 aliphatic carbocycles. The number of nitrogens with one attached hydrogen (secondary N) is 6. The second-order valence-corrected chi connectivity index (χ2v) is 13.5. The maximum Gasteiger partial charge on any atom is 0.414 e. The fraction of sp³-hybridized carbons (Fsp3) is 0.341. The van der Waals surface area contributed by atoms with Gasteiger partial charge < -0.3 is 40.7 Å². The molecule has 1 aliphatic heterocycles. The molecule has 19 heteroatoms. The van der Waals surface area contributed by atoms with E-state index in [0.717, 1.165) is 4.90 Å². The van der Waals surface area contributed by atoms with Crippen LogP contribution in [0.5, 0.6) is 0 Å². The Morgan fingerprint density at radius 2 is 1.38 bits per heavy atom. The van der Waals surface area contributed by atoms with Crippen molar-refractivity contribution in [3.05, 3.63) is 107 Å². The highest BCUT2D eigenvalue weighted by molar-refractivity contribution is 6.01. The van der Waals surface area contributed by atoms with Crippen LogP contribution in [0.1, 0.15) is 59.7 Å². The minimum Gasteiger partial charge on any atom is -0.481 e. The highest BCUT2D eigenvalue weighted by Crippen LogP contribution is 2.13. The van der Waals surface area contributed by atoms with Gasteiger partial charge in [0.15, 0.2) is 0 Å². The van der Waals surface area contributed by atoms with Gasteiger partial charge in [-0.2, -0.15) is 0 Å². The first-order valence-corrected chi connectivity index (χ1v) is 19.1. The number of nitrogens with zero attached hydrogens (tertiary/aromatic N) is 2. The standard InChI is InChI=1S/C41H48N8O11/c1-3-30-38(56)49(2)32(37(55)44-23-33(50)45-31(21-34(51)52)36(54)43-22-28-16-10-17-29(20-28)35(53)46-30)18-11-19-42-39(47-40(57)59-24-26-12-6-4-7-13-26)48-41(58)60-25-27-14-8-5-9-15-27/h4-10,12-17,20,30-32H,3,11,18-19,21-25H2,1-2H3,(H,43,54)(H,44,55)(H,45,50)(H,46,53)(H,51,52)(H2,42,47,48,57,58)/t30-,31+,32+/m1/s1. The highest BCUT2D eigenvalue weighted by Gasteiger charge is 2.32. The van der Waals surface area contributed by atoms with E-state index < -0.39 is 78.8 Å². The minimum atomic E-state index is -1.50. The van der Waals surface area contributed by atoms with E-state index in [1.807, 2.05) is 0 Å². The summed E-state index contributed by atoms with van der Waals surface area (Å²) in [5.74, 6) is -5.36. The monoisotopic (exact) mass is 828 g/mol. The Morgan fingerprint density at radius 3 is 1.97 bits per heavy atom. The number of aliphatic imine (C=N–C) groups is 1. The zero-order chi connectivity index (χ0) is 43.4. The van der Waals surface area contributed by atoms with Crippen molar-refractivity contribution in [2.75, 3.05) is 20.1 Å². The average molecular weight is 829 g/mol. The number of carbonyl (C=O) groups is 8. The van der Waals surface area contributed by atoms with Gasteiger partial charge in [-0.3, -0.25) is 44.4 Å². The van der Waals surface area contributed by atoms with Crippen LogP contribution in [0.15, 0.2) is 89.9 Å². The number of carboxylic acids is 1. The van der Waals surface area contributed by atoms with Crippen molar-refractivity contribution in [2.24, 2.45) is 4.99 Å². The molecule has 0 saturated carbocycles. The molecule has 318 valence electrons. The van der Waals surface area contributed by atoms with E-state index in [2.05, 4.69) is 36.9 Å². The summed E-state index contributed by atoms with van der Waals surface area (Å²) in [6.07, 6.45) is -2.47. The molecular formula is C41H48N8O11. The van der Waals surface area contributed by atoms with Gasteiger partial charge in [0.25, 0.3) is 5.91 Å². The molecule has 7 N–H and O–H groups in total. The molecule has 60 heavy (non-hydrogen) atoms. The molecule has 0 spiro atoms. The number of alkyl carbamates (subject to hydrolysis) is 2. The van der Waals surface area contributed by atoms with Gasteiger partial charge in [0.1, 0.15) is 31.3 Å². The fourth-order valence-electron chi connectivity index (χ4n) is 5.83. The first-order chi connectivity index (χ1) is 28.8. The third-order valence-electron chi connectivity index (χ3n) is 9.01. The summed E-state index contributed by atoms with van der Waals surface area (Å²) in [6.45, 7) is 0.628. The molecule has 0 saturated heterocycles. The smallest absolute Gasteiger partial charge is 0.414 e. The van der Waals surface area contributed by atoms with Crippen molar-refractivity contribution in [2.45, 2.75) is 70.5 Å². The zero-order valence-electron chi connectivity index (χ0n) is 33.1. The lowest BCUT2D eigenvalue weighted by Crippen LogP contribution is -2.55. The van der Waals surface area contributed by atoms with E-state index in [1.54, 1.807) is 79.7 Å². The van der Waals surface area contributed by atoms with Crippen LogP contribution in [0, 0.1) is 0 Å². The van der Waals surface area contributed by atoms with Crippen molar-refractivity contribution in [3.63, 3.8) is 0 Å². The average Bonchev–Trinajstić information content (AvgIpc) is 3.24. The molecule has 0 unspecified atom stereocenters. The van der Waals surface area contributed by atoms with Gasteiger partial charge in [0.05, 0.1) is 13.0 Å². The maximum atomic E-state index is 13.9. The molecule has 0 radical (unpaired) electrons. The summed E-state index contributed by atoms with van der Waals surface area (Å²) in [6, 6.07) is 20.1. The molecule has 1 heterocycles. The number of fused-ring (bicyclic) bond motifs is 2. The molecule has 4 rings (SSSR count). The first kappa shape index (κ1) is 45.4. The van der Waals surface area contributed by atoms with Gasteiger partial charge in [0, 0.05) is 25.7 Å². The molecule has 3 aromatic rings. The van der Waals surface area contributed by atoms with Crippen molar-refractivity contribution in [3.8, 4) is 0 Å². The van der Waals surface area contributed by atoms with Crippen LogP contribution in [0.2, 0.25) is 0 Å². The number of guanidine groups is 1. The summed E-state index contributed by atoms with van der Waals surface area (Å²) >= 11 is 0. The second-order valence-electron chi connectivity index (χ2n) is 13.5. The number of carbonyl (C=O) groups excluding carboxylic acids is 7. The number of benzene rings is 3. The lowest BCUT2D eigenvalue weighted by Gasteiger charge is -2.30. The summed E-state index contributed by atoms with van der Waals surface area (Å²) in [5, 5.41) is 24.2. The van der Waals surface area contributed by atoms with E-state index in [9.17, 15) is 43.5 Å². The van der Waals surface area contributed by atoms with Gasteiger partial charge in [-0.05, 0) is 48.1 Å². The maximum absolute atomic E-state index is 13.9. The molecule has 3 atom stereocenters. The molecule has 3 aromatic carbocycles. The van der Waals surface area contributed by atoms with Crippen LogP contribution in [0.3, 0.4) is 0 Å². The SMILES string of the molecule is CC[C@H]1NC(=O)c2cccc(c2)CNC(=O)[C@H](CC(=O)O)NC(=O)CNC(=O)[C@H](CCCN=C(NC(=O)OCc2ccccc2)NC(=O)OCc2ccccc2)N(C)C1=O. The predicted molar refractivity (Wildman–Crippen MR) is 215 cm³/mol. The molecule has 0 fully saturated rings. The Labute approximate surface area is 345 Å². The molecule has 0 aromatic heterocycles. The molecular weight excluding hydrogens is 780 g/mol. The number of hydrogen-bond acceptors (Lipinski definition) is 11. The summed E-state index contributed by atoms with van der Waals surface area (Å²) in [4.78, 5) is 109. The summed E-state index contributed by atoms with van der Waals surface area (Å²) in [7, 11) is 1.36. The number of aliphatic carboxylic acids is 1. The molecule has 1 aliphatic rings. The van der Waals surface area contributed by atoms with Crippen LogP contribution >= 0.6 is 0 Å². The van der Waals surface area contributed by atoms with E-state index in [-0.39, 0.29) is 57.1 Å². The largest absolute Gasteiger partial charge is 0.481 e. The number of ether oxygens (including phenoxy) is 2. The van der Waals surface area contributed by atoms with Gasteiger partial charge in [-0.1, -0.05) is 79.7 Å². The number of amides is 7. The summed E-state index contributed by atoms with van der Waals surface area (Å²) < 4.78 is 10.5. The topological polar surface area (TPSA) is 263 Å². The van der Waals surface area contributed by atoms with Crippen molar-refractivity contribution in [1.29, 1.82) is 0 Å². The number of hydrogen-bond donors (Lipinski definition) is 7. The van der Waals surface area contributed by atoms with Gasteiger partial charge in [-0.25, -0.2) is 9.59 Å². The van der Waals surface area contributed by atoms with Crippen molar-refractivity contribution >= 4 is 53.7 Å². The molecule has 7 amide bonds. The normalized spacial score (nSPS) is 17.6. The second kappa shape index (κ2) is 23.2. The van der Waals surface area contributed by atoms with E-state index >= 15 is 0 Å². The molecule has 2 bridgehead atoms. The fourth-order valence-corrected chi connectivity index (χ4v) is 5.83. The van der Waals surface area contributed by atoms with Gasteiger partial charge in [-0.15, -0.1) is 0 Å². The third-order valence-corrected chi connectivity index (χ3v) is 9.01. The predicted octanol–water partition coefficient (Wildman–Crippen LogP) is 1.72. The number of rotatable bonds is 11. The Morgan fingerprint density at radius 1 is 0.783 bits per heavy atom. The van der Waals surface area contributed by atoms with Crippen LogP contribution in [-0.2, 0) is 53.2 Å². The first-order valence-electron chi connectivity index (χ1n) is 19.1. The highest BCUT2D eigenvalue weighted by atomic mass is 16.6. The summed E-state index contributed by atoms with van der Waals surface area (Å²) in [5.41, 5.74) is 2.08. The number of carboxylic acid groups (broad SMARTS) is 1. The quantitative estimate of drug-likeness (QED) is 0.0832. The third kappa shape index (κ3) is 14.9. The van der Waals surface area contributed by atoms with E-state index in [4.69, 9.17) is 9.47 Å². The van der Waals surface area contributed by atoms with Gasteiger partial charge in [0.2, 0.25) is 29.6 Å². The lowest BCUT2D eigenvalue weighted by molar-refractivity contribution is -0.141. The minimum absolute atomic E-state index is 0.0696. The van der Waals surface area contributed by atoms with Gasteiger partial charge >= 0.3 is 18.2 Å². The van der Waals surface area contributed by atoms with Crippen LogP contribution < -0.4 is 31.9 Å². The van der Waals surface area contributed by atoms with Crippen LogP contribution in [0.4, 0.5) is 9.59 Å². The van der Waals surface area contributed by atoms with Crippen molar-refractivity contribution < 1.29 is 52.9 Å². The number of likely N-dealkylation sites (N-methyl/N-ethyl adjacent to an activating group) is 1. The Bertz CT molecular complexity index is 1970. The Balaban J connectivity index is 1.52.